The van der Waals surface area contributed by atoms with Crippen LogP contribution in [0.25, 0.3) is 0 Å². The van der Waals surface area contributed by atoms with Crippen LogP contribution < -0.4 is 5.32 Å². The Morgan fingerprint density at radius 2 is 1.48 bits per heavy atom. The Balaban J connectivity index is 1.06. The van der Waals surface area contributed by atoms with Gasteiger partial charge in [-0.15, -0.1) is 0 Å². The number of hydrogen-bond acceptors (Lipinski definition) is 7. The topological polar surface area (TPSA) is 116 Å². The average Bonchev–Trinajstić information content (AvgIpc) is 3.49. The molecule has 10 atom stereocenters. The maximum atomic E-state index is 15.1. The van der Waals surface area contributed by atoms with Crippen molar-refractivity contribution in [1.82, 2.24) is 5.32 Å². The van der Waals surface area contributed by atoms with E-state index in [2.05, 4.69) is 53.8 Å². The number of benzene rings is 1. The zero-order valence-electron chi connectivity index (χ0n) is 39.1. The monoisotopic (exact) mass is 838 g/mol. The Morgan fingerprint density at radius 3 is 2.11 bits per heavy atom. The number of carbonyl (C=O) groups excluding carboxylic acids is 5. The van der Waals surface area contributed by atoms with Crippen molar-refractivity contribution in [2.24, 2.45) is 62.1 Å². The second kappa shape index (κ2) is 15.2. The molecule has 6 saturated carbocycles. The van der Waals surface area contributed by atoms with Gasteiger partial charge in [-0.1, -0.05) is 111 Å². The van der Waals surface area contributed by atoms with Crippen molar-refractivity contribution in [3.63, 3.8) is 0 Å². The molecule has 1 aromatic carbocycles. The molecule has 0 bridgehead atoms. The van der Waals surface area contributed by atoms with E-state index in [9.17, 15) is 19.2 Å². The Kier molecular flexibility index (Phi) is 11.0. The summed E-state index contributed by atoms with van der Waals surface area (Å²) in [5.74, 6) is 0.871. The van der Waals surface area contributed by atoms with Crippen LogP contribution in [0.4, 0.5) is 0 Å². The molecule has 0 radical (unpaired) electrons. The maximum Gasteiger partial charge on any atom is 0.310 e. The number of carbonyl (C=O) groups is 5. The van der Waals surface area contributed by atoms with Crippen LogP contribution in [0.3, 0.4) is 0 Å². The van der Waals surface area contributed by atoms with E-state index >= 15 is 4.79 Å². The number of allylic oxidation sites excluding steroid dienone is 1. The molecule has 0 heterocycles. The fourth-order valence-electron chi connectivity index (χ4n) is 16.0. The third-order valence-electron chi connectivity index (χ3n) is 19.8. The van der Waals surface area contributed by atoms with E-state index in [4.69, 9.17) is 9.47 Å². The molecule has 0 aromatic heterocycles. The van der Waals surface area contributed by atoms with E-state index in [0.717, 1.165) is 81.8 Å². The van der Waals surface area contributed by atoms with Crippen LogP contribution in [0, 0.1) is 69.0 Å². The van der Waals surface area contributed by atoms with Crippen molar-refractivity contribution in [1.29, 1.82) is 0 Å². The van der Waals surface area contributed by atoms with E-state index in [1.54, 1.807) is 0 Å². The molecule has 61 heavy (non-hydrogen) atoms. The summed E-state index contributed by atoms with van der Waals surface area (Å²) >= 11 is 0. The second-order valence-electron chi connectivity index (χ2n) is 23.7. The van der Waals surface area contributed by atoms with Gasteiger partial charge >= 0.3 is 5.97 Å². The van der Waals surface area contributed by atoms with Gasteiger partial charge in [-0.05, 0) is 129 Å². The number of nitrogens with one attached hydrogen (secondary N) is 1. The standard InChI is InChI=1S/C53H75NO7/c1-32(2)43-38(57)30-53(54-46(59)52(22-12-11-13-23-52)29-37(56)34-16-14-33(3)15-17-34)27-26-50(9)35(44(43)53)18-19-40-49(8)24-21-41(48(6,7)39(49)20-25-51(40,50)10)61-45(58)36-28-42(60-31-55)47(36,4)5/h14-17,31-32,35-36,39-42H,11-13,18-30H2,1-10H3,(H,54,59)/t35-,36-,39+,40-,41+,42-,49+,50-,51-,53-/m1/s1. The summed E-state index contributed by atoms with van der Waals surface area (Å²) < 4.78 is 11.8. The maximum absolute atomic E-state index is 15.1. The van der Waals surface area contributed by atoms with E-state index < -0.39 is 16.4 Å². The summed E-state index contributed by atoms with van der Waals surface area (Å²) in [6.07, 6.45) is 12.7. The van der Waals surface area contributed by atoms with Gasteiger partial charge < -0.3 is 14.8 Å². The van der Waals surface area contributed by atoms with Gasteiger partial charge in [-0.2, -0.15) is 0 Å². The predicted molar refractivity (Wildman–Crippen MR) is 236 cm³/mol. The second-order valence-corrected chi connectivity index (χ2v) is 23.7. The number of ether oxygens (including phenoxy) is 2. The molecular formula is C53H75NO7. The first-order valence-corrected chi connectivity index (χ1v) is 24.1. The number of fused-ring (bicyclic) bond motifs is 7. The molecule has 0 aliphatic heterocycles. The molecular weight excluding hydrogens is 763 g/mol. The highest BCUT2D eigenvalue weighted by Crippen LogP contribution is 2.76. The molecule has 0 saturated heterocycles. The summed E-state index contributed by atoms with van der Waals surface area (Å²) in [6.45, 7) is 23.1. The highest BCUT2D eigenvalue weighted by molar-refractivity contribution is 6.03. The van der Waals surface area contributed by atoms with Crippen LogP contribution in [-0.2, 0) is 28.7 Å². The fourth-order valence-corrected chi connectivity index (χ4v) is 16.0. The molecule has 0 spiro atoms. The van der Waals surface area contributed by atoms with Gasteiger partial charge in [0, 0.05) is 29.2 Å². The molecule has 8 nitrogen and oxygen atoms in total. The van der Waals surface area contributed by atoms with E-state index in [1.807, 2.05) is 45.0 Å². The lowest BCUT2D eigenvalue weighted by Crippen LogP contribution is -2.68. The van der Waals surface area contributed by atoms with Crippen LogP contribution >= 0.6 is 0 Å². The summed E-state index contributed by atoms with van der Waals surface area (Å²) in [7, 11) is 0. The number of esters is 1. The first-order valence-electron chi connectivity index (χ1n) is 24.1. The van der Waals surface area contributed by atoms with Crippen molar-refractivity contribution < 1.29 is 33.4 Å². The Hall–Kier alpha value is -3.29. The average molecular weight is 838 g/mol. The van der Waals surface area contributed by atoms with Crippen LogP contribution in [0.5, 0.6) is 0 Å². The van der Waals surface area contributed by atoms with Gasteiger partial charge in [0.25, 0.3) is 6.47 Å². The van der Waals surface area contributed by atoms with Gasteiger partial charge in [0.05, 0.1) is 16.9 Å². The lowest BCUT2D eigenvalue weighted by molar-refractivity contribution is -0.236. The van der Waals surface area contributed by atoms with Crippen molar-refractivity contribution in [3.05, 3.63) is 46.5 Å². The zero-order valence-corrected chi connectivity index (χ0v) is 39.1. The first-order chi connectivity index (χ1) is 28.6. The molecule has 0 unspecified atom stereocenters. The van der Waals surface area contributed by atoms with Gasteiger partial charge in [-0.25, -0.2) is 0 Å². The molecule has 1 amide bonds. The third kappa shape index (κ3) is 6.65. The van der Waals surface area contributed by atoms with Crippen LogP contribution in [0.1, 0.15) is 181 Å². The van der Waals surface area contributed by atoms with Gasteiger partial charge in [-0.3, -0.25) is 24.0 Å². The number of rotatable bonds is 10. The lowest BCUT2D eigenvalue weighted by atomic mass is 9.33. The minimum atomic E-state index is -0.775. The largest absolute Gasteiger partial charge is 0.464 e. The van der Waals surface area contributed by atoms with Crippen molar-refractivity contribution in [3.8, 4) is 0 Å². The van der Waals surface area contributed by atoms with Crippen molar-refractivity contribution in [2.75, 3.05) is 0 Å². The summed E-state index contributed by atoms with van der Waals surface area (Å²) in [5, 5.41) is 3.70. The predicted octanol–water partition coefficient (Wildman–Crippen LogP) is 10.9. The van der Waals surface area contributed by atoms with Crippen LogP contribution in [-0.4, -0.2) is 47.7 Å². The van der Waals surface area contributed by atoms with E-state index in [-0.39, 0.29) is 81.5 Å². The summed E-state index contributed by atoms with van der Waals surface area (Å²) in [6, 6.07) is 7.73. The molecule has 7 aliphatic carbocycles. The Labute approximate surface area is 365 Å². The van der Waals surface area contributed by atoms with Crippen molar-refractivity contribution in [2.45, 2.75) is 190 Å². The van der Waals surface area contributed by atoms with Crippen molar-refractivity contribution >= 4 is 29.9 Å². The molecule has 1 N–H and O–H groups in total. The number of hydrogen-bond donors (Lipinski definition) is 1. The van der Waals surface area contributed by atoms with Crippen LogP contribution in [0.2, 0.25) is 0 Å². The summed E-state index contributed by atoms with van der Waals surface area (Å²) in [5.41, 5.74) is 1.83. The number of aryl methyl sites for hydroxylation is 1. The number of ketones is 2. The molecule has 6 fully saturated rings. The van der Waals surface area contributed by atoms with Gasteiger partial charge in [0.2, 0.25) is 5.91 Å². The van der Waals surface area contributed by atoms with Crippen LogP contribution in [0.15, 0.2) is 35.4 Å². The quantitative estimate of drug-likeness (QED) is 0.142. The normalized spacial score (nSPS) is 39.4. The van der Waals surface area contributed by atoms with Gasteiger partial charge in [0.15, 0.2) is 11.6 Å². The highest BCUT2D eigenvalue weighted by atomic mass is 16.6. The van der Waals surface area contributed by atoms with E-state index in [0.29, 0.717) is 49.6 Å². The smallest absolute Gasteiger partial charge is 0.310 e. The van der Waals surface area contributed by atoms with E-state index in [1.165, 1.54) is 5.57 Å². The first kappa shape index (κ1) is 44.3. The summed E-state index contributed by atoms with van der Waals surface area (Å²) in [4.78, 5) is 68.2. The lowest BCUT2D eigenvalue weighted by Gasteiger charge is -2.72. The number of Topliss-reactive ketones (excluding diaryl/α,β-unsaturated/α-hetero) is 2. The highest BCUT2D eigenvalue weighted by Gasteiger charge is 2.71. The molecule has 334 valence electrons. The Morgan fingerprint density at radius 1 is 0.787 bits per heavy atom. The SMILES string of the molecule is Cc1ccc(C(=O)CC2(C(=O)N[C@@]34CC[C@]5(C)[C@H](CC[C@@H]6[C@@]7(C)CC[C@H](OC(=O)[C@H]8C[C@@H](OC=O)C8(C)C)C(C)(C)[C@@H]7CC[C@]65C)C3=C(C(C)C)C(=O)C4)CCCCC2)cc1. The molecule has 8 heteroatoms. The number of amides is 1. The van der Waals surface area contributed by atoms with Gasteiger partial charge in [0.1, 0.15) is 12.2 Å². The molecule has 7 aliphatic rings. The third-order valence-corrected chi connectivity index (χ3v) is 19.8. The molecule has 8 rings (SSSR count). The minimum Gasteiger partial charge on any atom is -0.464 e. The minimum absolute atomic E-state index is 0.0193. The molecule has 1 aromatic rings. The zero-order chi connectivity index (χ0) is 44.1. The Bertz CT molecular complexity index is 1990. The fraction of sp³-hybridized carbons (Fsp3) is 0.755.